The molecule has 0 radical (unpaired) electrons. The van der Waals surface area contributed by atoms with Crippen molar-refractivity contribution in [2.24, 2.45) is 0 Å². The van der Waals surface area contributed by atoms with E-state index in [9.17, 15) is 4.79 Å². The Kier molecular flexibility index (Phi) is 3.51. The summed E-state index contributed by atoms with van der Waals surface area (Å²) in [7, 11) is 1.36. The maximum Gasteiger partial charge on any atom is 0.338 e. The number of rotatable bonds is 3. The van der Waals surface area contributed by atoms with E-state index in [1.165, 1.54) is 7.11 Å². The molecule has 0 unspecified atom stereocenters. The Morgan fingerprint density at radius 3 is 2.57 bits per heavy atom. The molecular formula is C17H13NO3. The molecule has 1 aromatic heterocycles. The fourth-order valence-electron chi connectivity index (χ4n) is 2.13. The van der Waals surface area contributed by atoms with Crippen LogP contribution in [0.1, 0.15) is 10.4 Å². The van der Waals surface area contributed by atoms with Crippen LogP contribution in [0.15, 0.2) is 60.8 Å². The summed E-state index contributed by atoms with van der Waals surface area (Å²) in [5.41, 5.74) is 1.10. The van der Waals surface area contributed by atoms with Gasteiger partial charge in [0.2, 0.25) is 0 Å². The number of benzene rings is 2. The van der Waals surface area contributed by atoms with Gasteiger partial charge in [0.25, 0.3) is 0 Å². The lowest BCUT2D eigenvalue weighted by Gasteiger charge is -2.10. The number of fused-ring (bicyclic) bond motifs is 1. The molecule has 0 aliphatic rings. The largest absolute Gasteiger partial charge is 0.465 e. The molecule has 21 heavy (non-hydrogen) atoms. The zero-order valence-corrected chi connectivity index (χ0v) is 11.4. The van der Waals surface area contributed by atoms with Crippen molar-refractivity contribution in [3.8, 4) is 11.5 Å². The first-order chi connectivity index (χ1) is 10.3. The van der Waals surface area contributed by atoms with Crippen molar-refractivity contribution < 1.29 is 14.3 Å². The van der Waals surface area contributed by atoms with E-state index in [1.54, 1.807) is 12.3 Å². The van der Waals surface area contributed by atoms with Crippen LogP contribution in [0, 0.1) is 0 Å². The maximum atomic E-state index is 11.8. The van der Waals surface area contributed by atoms with Gasteiger partial charge in [-0.25, -0.2) is 4.79 Å². The van der Waals surface area contributed by atoms with Crippen molar-refractivity contribution in [1.82, 2.24) is 4.98 Å². The van der Waals surface area contributed by atoms with E-state index < -0.39 is 0 Å². The number of ether oxygens (including phenoxy) is 2. The zero-order chi connectivity index (χ0) is 14.7. The van der Waals surface area contributed by atoms with Crippen LogP contribution in [0.2, 0.25) is 0 Å². The van der Waals surface area contributed by atoms with Crippen LogP contribution in [0.5, 0.6) is 11.5 Å². The molecule has 0 spiro atoms. The van der Waals surface area contributed by atoms with Crippen molar-refractivity contribution in [2.75, 3.05) is 7.11 Å². The Labute approximate surface area is 122 Å². The number of hydrogen-bond donors (Lipinski definition) is 0. The molecule has 0 amide bonds. The van der Waals surface area contributed by atoms with E-state index in [2.05, 4.69) is 4.98 Å². The molecule has 0 saturated carbocycles. The molecule has 4 heteroatoms. The summed E-state index contributed by atoms with van der Waals surface area (Å²) in [6.07, 6.45) is 1.58. The normalized spacial score (nSPS) is 10.3. The van der Waals surface area contributed by atoms with Crippen molar-refractivity contribution in [3.05, 3.63) is 66.4 Å². The van der Waals surface area contributed by atoms with Crippen LogP contribution in [0.3, 0.4) is 0 Å². The molecule has 0 atom stereocenters. The smallest absolute Gasteiger partial charge is 0.338 e. The minimum atomic E-state index is -0.390. The molecule has 104 valence electrons. The first kappa shape index (κ1) is 13.1. The summed E-state index contributed by atoms with van der Waals surface area (Å²) in [6, 6.07) is 16.6. The van der Waals surface area contributed by atoms with E-state index in [-0.39, 0.29) is 5.97 Å². The third-order valence-electron chi connectivity index (χ3n) is 3.11. The van der Waals surface area contributed by atoms with Gasteiger partial charge < -0.3 is 9.47 Å². The van der Waals surface area contributed by atoms with Crippen LogP contribution in [0.25, 0.3) is 10.9 Å². The van der Waals surface area contributed by atoms with Crippen molar-refractivity contribution >= 4 is 16.9 Å². The quantitative estimate of drug-likeness (QED) is 0.684. The molecule has 0 N–H and O–H groups in total. The summed E-state index contributed by atoms with van der Waals surface area (Å²) in [6.45, 7) is 0. The van der Waals surface area contributed by atoms with Crippen molar-refractivity contribution in [3.63, 3.8) is 0 Å². The molecule has 0 bridgehead atoms. The fraction of sp³-hybridized carbons (Fsp3) is 0.0588. The van der Waals surface area contributed by atoms with Gasteiger partial charge in [-0.05, 0) is 24.3 Å². The highest BCUT2D eigenvalue weighted by Crippen LogP contribution is 2.30. The molecule has 3 rings (SSSR count). The second-order valence-corrected chi connectivity index (χ2v) is 4.42. The molecule has 0 aliphatic heterocycles. The Morgan fingerprint density at radius 2 is 1.81 bits per heavy atom. The lowest BCUT2D eigenvalue weighted by molar-refractivity contribution is 0.0603. The van der Waals surface area contributed by atoms with Gasteiger partial charge in [-0.1, -0.05) is 30.3 Å². The second-order valence-electron chi connectivity index (χ2n) is 4.42. The van der Waals surface area contributed by atoms with Gasteiger partial charge in [0.15, 0.2) is 5.75 Å². The monoisotopic (exact) mass is 279 g/mol. The summed E-state index contributed by atoms with van der Waals surface area (Å²) in [5, 5.41) is 0.706. The topological polar surface area (TPSA) is 48.4 Å². The molecule has 0 saturated heterocycles. The van der Waals surface area contributed by atoms with Crippen LogP contribution in [-0.4, -0.2) is 18.1 Å². The standard InChI is InChI=1S/C17H13NO3/c1-20-17(19)14-10-11-18-16-13(14)8-5-9-15(16)21-12-6-3-2-4-7-12/h2-11H,1H3. The molecule has 2 aromatic carbocycles. The zero-order valence-electron chi connectivity index (χ0n) is 11.4. The summed E-state index contributed by atoms with van der Waals surface area (Å²) < 4.78 is 10.6. The van der Waals surface area contributed by atoms with Gasteiger partial charge in [-0.2, -0.15) is 0 Å². The predicted molar refractivity (Wildman–Crippen MR) is 79.6 cm³/mol. The average Bonchev–Trinajstić information content (AvgIpc) is 2.55. The van der Waals surface area contributed by atoms with Crippen LogP contribution < -0.4 is 4.74 Å². The van der Waals surface area contributed by atoms with E-state index in [0.29, 0.717) is 22.2 Å². The maximum absolute atomic E-state index is 11.8. The molecular weight excluding hydrogens is 266 g/mol. The van der Waals surface area contributed by atoms with E-state index in [0.717, 1.165) is 5.75 Å². The second kappa shape index (κ2) is 5.63. The van der Waals surface area contributed by atoms with Gasteiger partial charge in [0, 0.05) is 11.6 Å². The van der Waals surface area contributed by atoms with Crippen molar-refractivity contribution in [2.45, 2.75) is 0 Å². The van der Waals surface area contributed by atoms with E-state index in [1.807, 2.05) is 48.5 Å². The molecule has 4 nitrogen and oxygen atoms in total. The number of methoxy groups -OCH3 is 1. The number of aromatic nitrogens is 1. The van der Waals surface area contributed by atoms with Gasteiger partial charge >= 0.3 is 5.97 Å². The number of esters is 1. The number of hydrogen-bond acceptors (Lipinski definition) is 4. The first-order valence-corrected chi connectivity index (χ1v) is 6.48. The van der Waals surface area contributed by atoms with Crippen molar-refractivity contribution in [1.29, 1.82) is 0 Å². The predicted octanol–water partition coefficient (Wildman–Crippen LogP) is 3.81. The molecule has 1 heterocycles. The van der Waals surface area contributed by atoms with Gasteiger partial charge in [0.05, 0.1) is 12.7 Å². The Morgan fingerprint density at radius 1 is 1.00 bits per heavy atom. The third-order valence-corrected chi connectivity index (χ3v) is 3.11. The summed E-state index contributed by atoms with van der Waals surface area (Å²) in [5.74, 6) is 0.930. The third kappa shape index (κ3) is 2.56. The highest BCUT2D eigenvalue weighted by molar-refractivity contribution is 6.04. The Balaban J connectivity index is 2.10. The molecule has 3 aromatic rings. The number of para-hydroxylation sites is 2. The SMILES string of the molecule is COC(=O)c1ccnc2c(Oc3ccccc3)cccc12. The number of nitrogens with zero attached hydrogens (tertiary/aromatic N) is 1. The van der Waals surface area contributed by atoms with Gasteiger partial charge in [-0.15, -0.1) is 0 Å². The minimum Gasteiger partial charge on any atom is -0.465 e. The van der Waals surface area contributed by atoms with E-state index >= 15 is 0 Å². The summed E-state index contributed by atoms with van der Waals surface area (Å²) in [4.78, 5) is 16.1. The number of carbonyl (C=O) groups excluding carboxylic acids is 1. The highest BCUT2D eigenvalue weighted by atomic mass is 16.5. The fourth-order valence-corrected chi connectivity index (χ4v) is 2.13. The van der Waals surface area contributed by atoms with Gasteiger partial charge in [0.1, 0.15) is 11.3 Å². The van der Waals surface area contributed by atoms with Crippen LogP contribution in [0.4, 0.5) is 0 Å². The molecule has 0 aliphatic carbocycles. The molecule has 0 fully saturated rings. The lowest BCUT2D eigenvalue weighted by Crippen LogP contribution is -2.02. The van der Waals surface area contributed by atoms with Gasteiger partial charge in [-0.3, -0.25) is 4.98 Å². The Hall–Kier alpha value is -2.88. The van der Waals surface area contributed by atoms with E-state index in [4.69, 9.17) is 9.47 Å². The summed E-state index contributed by atoms with van der Waals surface area (Å²) >= 11 is 0. The number of pyridine rings is 1. The first-order valence-electron chi connectivity index (χ1n) is 6.48. The van der Waals surface area contributed by atoms with Crippen LogP contribution in [-0.2, 0) is 4.74 Å². The Bertz CT molecular complexity index is 784. The van der Waals surface area contributed by atoms with Crippen LogP contribution >= 0.6 is 0 Å². The lowest BCUT2D eigenvalue weighted by atomic mass is 10.1. The minimum absolute atomic E-state index is 0.390. The average molecular weight is 279 g/mol. The highest BCUT2D eigenvalue weighted by Gasteiger charge is 2.13. The number of carbonyl (C=O) groups is 1.